The number of carboxylic acids is 1. The van der Waals surface area contributed by atoms with Gasteiger partial charge in [-0.1, -0.05) is 11.6 Å². The van der Waals surface area contributed by atoms with E-state index in [-0.39, 0.29) is 5.92 Å². The maximum atomic E-state index is 10.8. The first kappa shape index (κ1) is 11.7. The molecule has 0 saturated carbocycles. The number of hydrogen-bond donors (Lipinski definition) is 1. The van der Waals surface area contributed by atoms with Crippen molar-refractivity contribution in [2.75, 3.05) is 18.0 Å². The summed E-state index contributed by atoms with van der Waals surface area (Å²) in [6.45, 7) is 1.03. The number of nitriles is 1. The lowest BCUT2D eigenvalue weighted by Crippen LogP contribution is -2.23. The zero-order valence-corrected chi connectivity index (χ0v) is 9.68. The van der Waals surface area contributed by atoms with Crippen LogP contribution in [0.4, 0.5) is 5.82 Å². The molecule has 1 N–H and O–H groups in total. The second-order valence-electron chi connectivity index (χ2n) is 3.91. The molecule has 88 valence electrons. The van der Waals surface area contributed by atoms with Crippen LogP contribution < -0.4 is 4.90 Å². The Labute approximate surface area is 103 Å². The molecule has 2 heterocycles. The van der Waals surface area contributed by atoms with Crippen LogP contribution in [0.15, 0.2) is 12.3 Å². The average molecular weight is 252 g/mol. The zero-order chi connectivity index (χ0) is 12.4. The van der Waals surface area contributed by atoms with Crippen LogP contribution in [0.2, 0.25) is 5.02 Å². The molecule has 6 heteroatoms. The van der Waals surface area contributed by atoms with Crippen LogP contribution in [0.1, 0.15) is 12.0 Å². The first-order valence-corrected chi connectivity index (χ1v) is 5.53. The smallest absolute Gasteiger partial charge is 0.308 e. The SMILES string of the molecule is N#Cc1cnc(N2CCC(C(=O)O)C2)c(Cl)c1. The van der Waals surface area contributed by atoms with E-state index >= 15 is 0 Å². The van der Waals surface area contributed by atoms with E-state index in [1.165, 1.54) is 12.3 Å². The van der Waals surface area contributed by atoms with Crippen LogP contribution in [0.5, 0.6) is 0 Å². The first-order valence-electron chi connectivity index (χ1n) is 5.15. The lowest BCUT2D eigenvalue weighted by molar-refractivity contribution is -0.140. The molecule has 0 aromatic carbocycles. The molecule has 1 saturated heterocycles. The summed E-state index contributed by atoms with van der Waals surface area (Å²) < 4.78 is 0. The summed E-state index contributed by atoms with van der Waals surface area (Å²) in [7, 11) is 0. The second kappa shape index (κ2) is 4.60. The van der Waals surface area contributed by atoms with Crippen LogP contribution in [0.25, 0.3) is 0 Å². The van der Waals surface area contributed by atoms with E-state index in [4.69, 9.17) is 22.0 Å². The van der Waals surface area contributed by atoms with E-state index in [0.717, 1.165) is 0 Å². The molecule has 5 nitrogen and oxygen atoms in total. The minimum absolute atomic E-state index is 0.372. The van der Waals surface area contributed by atoms with Crippen molar-refractivity contribution in [3.05, 3.63) is 22.8 Å². The highest BCUT2D eigenvalue weighted by Gasteiger charge is 2.29. The Morgan fingerprint density at radius 2 is 2.47 bits per heavy atom. The molecule has 0 radical (unpaired) electrons. The minimum Gasteiger partial charge on any atom is -0.481 e. The quantitative estimate of drug-likeness (QED) is 0.862. The first-order chi connectivity index (χ1) is 8.11. The molecule has 17 heavy (non-hydrogen) atoms. The summed E-state index contributed by atoms with van der Waals surface area (Å²) in [4.78, 5) is 16.8. The maximum Gasteiger partial charge on any atom is 0.308 e. The Morgan fingerprint density at radius 1 is 1.71 bits per heavy atom. The fourth-order valence-electron chi connectivity index (χ4n) is 1.88. The third-order valence-corrected chi connectivity index (χ3v) is 3.07. The minimum atomic E-state index is -0.794. The van der Waals surface area contributed by atoms with E-state index in [0.29, 0.717) is 35.9 Å². The topological polar surface area (TPSA) is 77.2 Å². The summed E-state index contributed by atoms with van der Waals surface area (Å²) in [5.74, 6) is -0.616. The molecular formula is C11H10ClN3O2. The van der Waals surface area contributed by atoms with Crippen LogP contribution in [0, 0.1) is 17.2 Å². The lowest BCUT2D eigenvalue weighted by Gasteiger charge is -2.17. The van der Waals surface area contributed by atoms with Gasteiger partial charge < -0.3 is 10.0 Å². The molecule has 1 aliphatic heterocycles. The van der Waals surface area contributed by atoms with Crippen molar-refractivity contribution in [3.63, 3.8) is 0 Å². The third-order valence-electron chi connectivity index (χ3n) is 2.79. The van der Waals surface area contributed by atoms with Gasteiger partial charge in [0.2, 0.25) is 0 Å². The average Bonchev–Trinajstić information content (AvgIpc) is 2.78. The summed E-state index contributed by atoms with van der Waals surface area (Å²) in [5.41, 5.74) is 0.396. The number of nitrogens with zero attached hydrogens (tertiary/aromatic N) is 3. The number of anilines is 1. The molecular weight excluding hydrogens is 242 g/mol. The van der Waals surface area contributed by atoms with Gasteiger partial charge in [-0.15, -0.1) is 0 Å². The van der Waals surface area contributed by atoms with E-state index in [2.05, 4.69) is 4.98 Å². The van der Waals surface area contributed by atoms with E-state index < -0.39 is 5.97 Å². The molecule has 1 aromatic rings. The van der Waals surface area contributed by atoms with Crippen molar-refractivity contribution in [3.8, 4) is 6.07 Å². The van der Waals surface area contributed by atoms with Gasteiger partial charge in [-0.3, -0.25) is 4.79 Å². The predicted octanol–water partition coefficient (Wildman–Crippen LogP) is 1.52. The van der Waals surface area contributed by atoms with Crippen LogP contribution >= 0.6 is 11.6 Å². The van der Waals surface area contributed by atoms with Crippen molar-refractivity contribution in [1.82, 2.24) is 4.98 Å². The van der Waals surface area contributed by atoms with Crippen molar-refractivity contribution in [1.29, 1.82) is 5.26 Å². The number of carbonyl (C=O) groups is 1. The van der Waals surface area contributed by atoms with Crippen LogP contribution in [-0.4, -0.2) is 29.1 Å². The van der Waals surface area contributed by atoms with E-state index in [9.17, 15) is 4.79 Å². The summed E-state index contributed by atoms with van der Waals surface area (Å²) in [5, 5.41) is 18.0. The number of hydrogen-bond acceptors (Lipinski definition) is 4. The van der Waals surface area contributed by atoms with Crippen molar-refractivity contribution in [2.45, 2.75) is 6.42 Å². The molecule has 1 unspecified atom stereocenters. The normalized spacial score (nSPS) is 19.1. The monoisotopic (exact) mass is 251 g/mol. The Hall–Kier alpha value is -1.80. The standard InChI is InChI=1S/C11H10ClN3O2/c12-9-3-7(4-13)5-14-10(9)15-2-1-8(6-15)11(16)17/h3,5,8H,1-2,6H2,(H,16,17). The van der Waals surface area contributed by atoms with Crippen LogP contribution in [-0.2, 0) is 4.79 Å². The van der Waals surface area contributed by atoms with Gasteiger partial charge in [0.15, 0.2) is 0 Å². The zero-order valence-electron chi connectivity index (χ0n) is 8.93. The molecule has 2 rings (SSSR count). The maximum absolute atomic E-state index is 10.8. The molecule has 1 fully saturated rings. The number of aliphatic carboxylic acids is 1. The van der Waals surface area contributed by atoms with E-state index in [1.807, 2.05) is 11.0 Å². The van der Waals surface area contributed by atoms with Crippen molar-refractivity contribution >= 4 is 23.4 Å². The van der Waals surface area contributed by atoms with Crippen molar-refractivity contribution in [2.24, 2.45) is 5.92 Å². The number of aromatic nitrogens is 1. The fraction of sp³-hybridized carbons (Fsp3) is 0.364. The van der Waals surface area contributed by atoms with Crippen LogP contribution in [0.3, 0.4) is 0 Å². The van der Waals surface area contributed by atoms with Gasteiger partial charge >= 0.3 is 5.97 Å². The molecule has 0 aliphatic carbocycles. The van der Waals surface area contributed by atoms with Gasteiger partial charge in [0.1, 0.15) is 11.9 Å². The summed E-state index contributed by atoms with van der Waals surface area (Å²) >= 11 is 6.01. The molecule has 0 bridgehead atoms. The number of halogens is 1. The molecule has 0 spiro atoms. The Bertz CT molecular complexity index is 498. The van der Waals surface area contributed by atoms with Gasteiger partial charge in [0, 0.05) is 19.3 Å². The Balaban J connectivity index is 2.20. The highest BCUT2D eigenvalue weighted by molar-refractivity contribution is 6.33. The lowest BCUT2D eigenvalue weighted by atomic mass is 10.1. The molecule has 1 aliphatic rings. The highest BCUT2D eigenvalue weighted by Crippen LogP contribution is 2.28. The molecule has 0 amide bonds. The van der Waals surface area contributed by atoms with Gasteiger partial charge in [-0.05, 0) is 12.5 Å². The van der Waals surface area contributed by atoms with Gasteiger partial charge in [-0.2, -0.15) is 5.26 Å². The Kier molecular flexibility index (Phi) is 3.16. The second-order valence-corrected chi connectivity index (χ2v) is 4.32. The summed E-state index contributed by atoms with van der Waals surface area (Å²) in [6.07, 6.45) is 2.03. The largest absolute Gasteiger partial charge is 0.481 e. The van der Waals surface area contributed by atoms with E-state index in [1.54, 1.807) is 0 Å². The van der Waals surface area contributed by atoms with Crippen molar-refractivity contribution < 1.29 is 9.90 Å². The number of rotatable bonds is 2. The number of carboxylic acid groups (broad SMARTS) is 1. The Morgan fingerprint density at radius 3 is 3.00 bits per heavy atom. The molecule has 1 aromatic heterocycles. The summed E-state index contributed by atoms with van der Waals surface area (Å²) in [6, 6.07) is 3.49. The predicted molar refractivity (Wildman–Crippen MR) is 61.9 cm³/mol. The van der Waals surface area contributed by atoms with Gasteiger partial charge in [0.25, 0.3) is 0 Å². The molecule has 1 atom stereocenters. The number of pyridine rings is 1. The third kappa shape index (κ3) is 2.32. The fourth-order valence-corrected chi connectivity index (χ4v) is 2.16. The van der Waals surface area contributed by atoms with Gasteiger partial charge in [-0.25, -0.2) is 4.98 Å². The highest BCUT2D eigenvalue weighted by atomic mass is 35.5. The van der Waals surface area contributed by atoms with Gasteiger partial charge in [0.05, 0.1) is 16.5 Å².